The summed E-state index contributed by atoms with van der Waals surface area (Å²) in [4.78, 5) is 16.3. The van der Waals surface area contributed by atoms with Crippen LogP contribution in [0.1, 0.15) is 43.1 Å². The Morgan fingerprint density at radius 3 is 3.10 bits per heavy atom. The first kappa shape index (κ1) is 14.8. The molecule has 0 aromatic carbocycles. The lowest BCUT2D eigenvalue weighted by atomic mass is 10.1. The second kappa shape index (κ2) is 7.85. The fourth-order valence-electron chi connectivity index (χ4n) is 2.31. The maximum Gasteiger partial charge on any atom is 0.269 e. The number of rotatable bonds is 6. The summed E-state index contributed by atoms with van der Waals surface area (Å²) in [7, 11) is 0. The number of aromatic nitrogens is 1. The van der Waals surface area contributed by atoms with Crippen molar-refractivity contribution in [1.29, 1.82) is 0 Å². The number of pyridine rings is 1. The molecule has 110 valence electrons. The molecular formula is C15H23N3O2. The first-order valence-corrected chi connectivity index (χ1v) is 7.40. The third-order valence-electron chi connectivity index (χ3n) is 3.37. The largest absolute Gasteiger partial charge is 0.378 e. The molecule has 1 fully saturated rings. The zero-order valence-electron chi connectivity index (χ0n) is 12.0. The van der Waals surface area contributed by atoms with E-state index < -0.39 is 0 Å². The Hall–Kier alpha value is -1.62. The molecule has 5 heteroatoms. The highest BCUT2D eigenvalue weighted by Gasteiger charge is 2.14. The van der Waals surface area contributed by atoms with E-state index in [0.717, 1.165) is 38.2 Å². The van der Waals surface area contributed by atoms with Crippen molar-refractivity contribution in [3.63, 3.8) is 0 Å². The predicted molar refractivity (Wildman–Crippen MR) is 78.9 cm³/mol. The van der Waals surface area contributed by atoms with E-state index in [2.05, 4.69) is 15.6 Å². The van der Waals surface area contributed by atoms with E-state index in [4.69, 9.17) is 4.74 Å². The monoisotopic (exact) mass is 277 g/mol. The molecule has 1 atom stereocenters. The molecule has 1 aliphatic heterocycles. The minimum atomic E-state index is -0.124. The van der Waals surface area contributed by atoms with Crippen LogP contribution in [-0.2, 0) is 4.74 Å². The summed E-state index contributed by atoms with van der Waals surface area (Å²) < 4.78 is 5.64. The average Bonchev–Trinajstić information content (AvgIpc) is 2.49. The van der Waals surface area contributed by atoms with Gasteiger partial charge >= 0.3 is 0 Å². The Bertz CT molecular complexity index is 431. The Morgan fingerprint density at radius 1 is 1.45 bits per heavy atom. The van der Waals surface area contributed by atoms with Crippen LogP contribution in [0.4, 0.5) is 5.82 Å². The number of carbonyl (C=O) groups excluding carboxylic acids is 1. The molecule has 2 N–H and O–H groups in total. The molecular weight excluding hydrogens is 254 g/mol. The summed E-state index contributed by atoms with van der Waals surface area (Å²) in [6.45, 7) is 4.28. The van der Waals surface area contributed by atoms with Gasteiger partial charge in [-0.05, 0) is 44.7 Å². The van der Waals surface area contributed by atoms with Crippen LogP contribution >= 0.6 is 0 Å². The molecule has 1 aromatic rings. The number of amides is 1. The third kappa shape index (κ3) is 4.49. The van der Waals surface area contributed by atoms with Gasteiger partial charge in [0.05, 0.1) is 6.10 Å². The van der Waals surface area contributed by atoms with Crippen LogP contribution in [0.3, 0.4) is 0 Å². The predicted octanol–water partition coefficient (Wildman–Crippen LogP) is 2.20. The highest BCUT2D eigenvalue weighted by atomic mass is 16.5. The van der Waals surface area contributed by atoms with Gasteiger partial charge in [0, 0.05) is 19.7 Å². The number of nitrogens with one attached hydrogen (secondary N) is 2. The number of hydrogen-bond donors (Lipinski definition) is 2. The van der Waals surface area contributed by atoms with Crippen molar-refractivity contribution in [3.8, 4) is 0 Å². The second-order valence-corrected chi connectivity index (χ2v) is 4.97. The maximum atomic E-state index is 12.0. The number of carbonyl (C=O) groups is 1. The SMILES string of the molecule is CCNc1cccc(C(=O)NCCC2CCCCO2)n1. The van der Waals surface area contributed by atoms with Gasteiger partial charge in [-0.3, -0.25) is 4.79 Å². The number of ether oxygens (including phenoxy) is 1. The Morgan fingerprint density at radius 2 is 2.35 bits per heavy atom. The van der Waals surface area contributed by atoms with E-state index in [0.29, 0.717) is 18.3 Å². The quantitative estimate of drug-likeness (QED) is 0.836. The van der Waals surface area contributed by atoms with Gasteiger partial charge in [-0.25, -0.2) is 4.98 Å². The lowest BCUT2D eigenvalue weighted by Crippen LogP contribution is -2.30. The lowest BCUT2D eigenvalue weighted by Gasteiger charge is -2.22. The minimum Gasteiger partial charge on any atom is -0.378 e. The average molecular weight is 277 g/mol. The lowest BCUT2D eigenvalue weighted by molar-refractivity contribution is 0.0117. The van der Waals surface area contributed by atoms with Crippen LogP contribution in [0.15, 0.2) is 18.2 Å². The van der Waals surface area contributed by atoms with Crippen LogP contribution in [0.5, 0.6) is 0 Å². The van der Waals surface area contributed by atoms with Gasteiger partial charge in [-0.2, -0.15) is 0 Å². The van der Waals surface area contributed by atoms with Crippen molar-refractivity contribution >= 4 is 11.7 Å². The molecule has 1 aromatic heterocycles. The van der Waals surface area contributed by atoms with Gasteiger partial charge in [0.15, 0.2) is 0 Å². The van der Waals surface area contributed by atoms with E-state index >= 15 is 0 Å². The van der Waals surface area contributed by atoms with Gasteiger partial charge in [-0.1, -0.05) is 6.07 Å². The van der Waals surface area contributed by atoms with E-state index in [9.17, 15) is 4.79 Å². The molecule has 2 rings (SSSR count). The van der Waals surface area contributed by atoms with Crippen molar-refractivity contribution in [3.05, 3.63) is 23.9 Å². The maximum absolute atomic E-state index is 12.0. The molecule has 1 unspecified atom stereocenters. The van der Waals surface area contributed by atoms with Crippen LogP contribution in [0, 0.1) is 0 Å². The zero-order valence-corrected chi connectivity index (χ0v) is 12.0. The topological polar surface area (TPSA) is 63.2 Å². The van der Waals surface area contributed by atoms with Crippen LogP contribution < -0.4 is 10.6 Å². The summed E-state index contributed by atoms with van der Waals surface area (Å²) in [6.07, 6.45) is 4.66. The van der Waals surface area contributed by atoms with E-state index in [1.54, 1.807) is 6.07 Å². The Balaban J connectivity index is 1.77. The van der Waals surface area contributed by atoms with Crippen molar-refractivity contribution in [2.45, 2.75) is 38.7 Å². The first-order chi connectivity index (χ1) is 9.79. The summed E-state index contributed by atoms with van der Waals surface area (Å²) in [5.74, 6) is 0.608. The fourth-order valence-corrected chi connectivity index (χ4v) is 2.31. The molecule has 0 bridgehead atoms. The van der Waals surface area contributed by atoms with Crippen LogP contribution in [0.25, 0.3) is 0 Å². The zero-order chi connectivity index (χ0) is 14.2. The number of hydrogen-bond acceptors (Lipinski definition) is 4. The van der Waals surface area contributed by atoms with Gasteiger partial charge in [0.25, 0.3) is 5.91 Å². The van der Waals surface area contributed by atoms with Crippen molar-refractivity contribution in [2.24, 2.45) is 0 Å². The fraction of sp³-hybridized carbons (Fsp3) is 0.600. The second-order valence-electron chi connectivity index (χ2n) is 4.97. The van der Waals surface area contributed by atoms with Gasteiger partial charge in [-0.15, -0.1) is 0 Å². The highest BCUT2D eigenvalue weighted by Crippen LogP contribution is 2.14. The van der Waals surface area contributed by atoms with E-state index in [1.807, 2.05) is 19.1 Å². The molecule has 1 aliphatic rings. The molecule has 1 saturated heterocycles. The summed E-state index contributed by atoms with van der Waals surface area (Å²) >= 11 is 0. The molecule has 0 spiro atoms. The summed E-state index contributed by atoms with van der Waals surface area (Å²) in [5, 5.41) is 6.01. The molecule has 2 heterocycles. The molecule has 0 radical (unpaired) electrons. The van der Waals surface area contributed by atoms with Crippen molar-refractivity contribution in [2.75, 3.05) is 25.0 Å². The van der Waals surface area contributed by atoms with Gasteiger partial charge < -0.3 is 15.4 Å². The van der Waals surface area contributed by atoms with Crippen LogP contribution in [-0.4, -0.2) is 36.7 Å². The van der Waals surface area contributed by atoms with Gasteiger partial charge in [0.2, 0.25) is 0 Å². The summed E-state index contributed by atoms with van der Waals surface area (Å²) in [5.41, 5.74) is 0.452. The molecule has 20 heavy (non-hydrogen) atoms. The Kier molecular flexibility index (Phi) is 5.80. The first-order valence-electron chi connectivity index (χ1n) is 7.40. The molecule has 1 amide bonds. The molecule has 0 saturated carbocycles. The van der Waals surface area contributed by atoms with Gasteiger partial charge in [0.1, 0.15) is 11.5 Å². The Labute approximate surface area is 120 Å². The smallest absolute Gasteiger partial charge is 0.269 e. The van der Waals surface area contributed by atoms with Crippen LogP contribution in [0.2, 0.25) is 0 Å². The van der Waals surface area contributed by atoms with E-state index in [1.165, 1.54) is 6.42 Å². The highest BCUT2D eigenvalue weighted by molar-refractivity contribution is 5.92. The van der Waals surface area contributed by atoms with Crippen molar-refractivity contribution < 1.29 is 9.53 Å². The minimum absolute atomic E-state index is 0.124. The van der Waals surface area contributed by atoms with E-state index in [-0.39, 0.29) is 5.91 Å². The third-order valence-corrected chi connectivity index (χ3v) is 3.37. The standard InChI is InChI=1S/C15H23N3O2/c1-2-16-14-8-5-7-13(18-14)15(19)17-10-9-12-6-3-4-11-20-12/h5,7-8,12H,2-4,6,9-11H2,1H3,(H,16,18)(H,17,19). The molecule has 0 aliphatic carbocycles. The van der Waals surface area contributed by atoms with Crippen molar-refractivity contribution in [1.82, 2.24) is 10.3 Å². The molecule has 5 nitrogen and oxygen atoms in total. The number of anilines is 1. The normalized spacial score (nSPS) is 18.6. The summed E-state index contributed by atoms with van der Waals surface area (Å²) in [6, 6.07) is 5.42. The number of nitrogens with zero attached hydrogens (tertiary/aromatic N) is 1.